The van der Waals surface area contributed by atoms with Gasteiger partial charge in [-0.15, -0.1) is 0 Å². The Morgan fingerprint density at radius 3 is 2.80 bits per heavy atom. The summed E-state index contributed by atoms with van der Waals surface area (Å²) in [6.07, 6.45) is 1.52. The third-order valence-electron chi connectivity index (χ3n) is 3.63. The van der Waals surface area contributed by atoms with Crippen molar-refractivity contribution < 1.29 is 19.1 Å². The van der Waals surface area contributed by atoms with Gasteiger partial charge >= 0.3 is 0 Å². The highest BCUT2D eigenvalue weighted by Crippen LogP contribution is 2.31. The maximum atomic E-state index is 12.1. The average molecular weight is 339 g/mol. The number of nitrogens with zero attached hydrogens (tertiary/aromatic N) is 2. The number of rotatable bonds is 5. The molecule has 7 nitrogen and oxygen atoms in total. The van der Waals surface area contributed by atoms with E-state index in [1.807, 2.05) is 18.2 Å². The molecule has 0 unspecified atom stereocenters. The molecule has 7 heteroatoms. The van der Waals surface area contributed by atoms with Crippen molar-refractivity contribution in [1.82, 2.24) is 5.43 Å². The van der Waals surface area contributed by atoms with Gasteiger partial charge in [0, 0.05) is 0 Å². The Balaban J connectivity index is 1.60. The molecule has 1 aliphatic heterocycles. The van der Waals surface area contributed by atoms with Gasteiger partial charge in [0.05, 0.1) is 19.0 Å². The van der Waals surface area contributed by atoms with E-state index in [0.717, 1.165) is 11.3 Å². The first kappa shape index (κ1) is 16.5. The Bertz CT molecular complexity index is 802. The Morgan fingerprint density at radius 1 is 1.28 bits per heavy atom. The summed E-state index contributed by atoms with van der Waals surface area (Å²) in [6.45, 7) is -0.210. The number of fused-ring (bicyclic) bond motifs is 1. The lowest BCUT2D eigenvalue weighted by molar-refractivity contribution is -0.125. The van der Waals surface area contributed by atoms with Gasteiger partial charge in [-0.25, -0.2) is 5.43 Å². The second-order valence-electron chi connectivity index (χ2n) is 5.30. The molecule has 25 heavy (non-hydrogen) atoms. The van der Waals surface area contributed by atoms with E-state index in [0.29, 0.717) is 11.4 Å². The molecule has 3 rings (SSSR count). The van der Waals surface area contributed by atoms with E-state index in [-0.39, 0.29) is 19.1 Å². The van der Waals surface area contributed by atoms with E-state index < -0.39 is 5.91 Å². The fourth-order valence-electron chi connectivity index (χ4n) is 2.38. The van der Waals surface area contributed by atoms with Crippen molar-refractivity contribution >= 4 is 23.7 Å². The van der Waals surface area contributed by atoms with Crippen molar-refractivity contribution in [2.45, 2.75) is 0 Å². The highest BCUT2D eigenvalue weighted by Gasteiger charge is 2.26. The molecule has 2 aromatic carbocycles. The first-order valence-corrected chi connectivity index (χ1v) is 7.65. The Morgan fingerprint density at radius 2 is 2.04 bits per heavy atom. The molecule has 0 saturated carbocycles. The maximum absolute atomic E-state index is 12.1. The minimum absolute atomic E-state index is 0.0839. The van der Waals surface area contributed by atoms with E-state index in [9.17, 15) is 9.59 Å². The van der Waals surface area contributed by atoms with E-state index in [4.69, 9.17) is 9.47 Å². The molecular formula is C18H17N3O4. The Hall–Kier alpha value is -3.35. The lowest BCUT2D eigenvalue weighted by Gasteiger charge is -2.28. The minimum atomic E-state index is -0.394. The molecule has 0 fully saturated rings. The molecule has 2 aromatic rings. The lowest BCUT2D eigenvalue weighted by atomic mass is 10.2. The normalized spacial score (nSPS) is 13.3. The number of carbonyl (C=O) groups excluding carboxylic acids is 2. The van der Waals surface area contributed by atoms with Crippen LogP contribution < -0.4 is 19.8 Å². The second-order valence-corrected chi connectivity index (χ2v) is 5.30. The standard InChI is InChI=1S/C18H17N3O4/c1-24-14-8-6-13(7-9-14)10-19-20-17(22)11-21-15-4-2-3-5-16(15)25-12-18(21)23/h2-10H,11-12H2,1H3,(H,20,22)/b19-10-. The van der Waals surface area contributed by atoms with Gasteiger partial charge in [-0.05, 0) is 42.0 Å². The van der Waals surface area contributed by atoms with Crippen LogP contribution in [0.15, 0.2) is 53.6 Å². The topological polar surface area (TPSA) is 80.2 Å². The third kappa shape index (κ3) is 3.95. The number of carbonyl (C=O) groups is 2. The first-order valence-electron chi connectivity index (χ1n) is 7.65. The Labute approximate surface area is 144 Å². The fraction of sp³-hybridized carbons (Fsp3) is 0.167. The monoisotopic (exact) mass is 339 g/mol. The minimum Gasteiger partial charge on any atom is -0.497 e. The van der Waals surface area contributed by atoms with Gasteiger partial charge < -0.3 is 9.47 Å². The van der Waals surface area contributed by atoms with Crippen LogP contribution in [0.25, 0.3) is 0 Å². The SMILES string of the molecule is COc1ccc(/C=N\NC(=O)CN2C(=O)COc3ccccc32)cc1. The van der Waals surface area contributed by atoms with Crippen LogP contribution in [-0.2, 0) is 9.59 Å². The van der Waals surface area contributed by atoms with Crippen LogP contribution in [0.4, 0.5) is 5.69 Å². The third-order valence-corrected chi connectivity index (χ3v) is 3.63. The molecule has 0 aliphatic carbocycles. The van der Waals surface area contributed by atoms with Gasteiger partial charge in [-0.1, -0.05) is 12.1 Å². The number of nitrogens with one attached hydrogen (secondary N) is 1. The van der Waals surface area contributed by atoms with Crippen molar-refractivity contribution in [2.24, 2.45) is 5.10 Å². The van der Waals surface area contributed by atoms with Crippen LogP contribution >= 0.6 is 0 Å². The average Bonchev–Trinajstić information content (AvgIpc) is 2.65. The summed E-state index contributed by atoms with van der Waals surface area (Å²) in [7, 11) is 1.59. The number of anilines is 1. The van der Waals surface area contributed by atoms with Gasteiger partial charge in [0.2, 0.25) is 0 Å². The second kappa shape index (κ2) is 7.48. The fourth-order valence-corrected chi connectivity index (χ4v) is 2.38. The van der Waals surface area contributed by atoms with Crippen molar-refractivity contribution in [3.63, 3.8) is 0 Å². The molecule has 0 bridgehead atoms. The smallest absolute Gasteiger partial charge is 0.265 e. The number of hydrazone groups is 1. The summed E-state index contributed by atoms with van der Waals surface area (Å²) in [5.41, 5.74) is 3.81. The molecule has 1 N–H and O–H groups in total. The van der Waals surface area contributed by atoms with Gasteiger partial charge in [0.25, 0.3) is 11.8 Å². The van der Waals surface area contributed by atoms with Gasteiger partial charge in [0.15, 0.2) is 6.61 Å². The molecule has 0 aromatic heterocycles. The number of methoxy groups -OCH3 is 1. The molecule has 0 atom stereocenters. The maximum Gasteiger partial charge on any atom is 0.265 e. The molecule has 128 valence electrons. The van der Waals surface area contributed by atoms with Gasteiger partial charge in [0.1, 0.15) is 18.0 Å². The molecule has 2 amide bonds. The van der Waals surface area contributed by atoms with Crippen molar-refractivity contribution in [1.29, 1.82) is 0 Å². The van der Waals surface area contributed by atoms with Crippen molar-refractivity contribution in [3.05, 3.63) is 54.1 Å². The molecular weight excluding hydrogens is 322 g/mol. The molecule has 1 aliphatic rings. The largest absolute Gasteiger partial charge is 0.497 e. The van der Waals surface area contributed by atoms with Crippen LogP contribution in [0.3, 0.4) is 0 Å². The number of para-hydroxylation sites is 2. The highest BCUT2D eigenvalue weighted by molar-refractivity contribution is 6.02. The first-order chi connectivity index (χ1) is 12.2. The summed E-state index contributed by atoms with van der Waals surface area (Å²) >= 11 is 0. The van der Waals surface area contributed by atoms with Gasteiger partial charge in [-0.3, -0.25) is 14.5 Å². The Kier molecular flexibility index (Phi) is 4.94. The van der Waals surface area contributed by atoms with Crippen molar-refractivity contribution in [2.75, 3.05) is 25.2 Å². The van der Waals surface area contributed by atoms with Crippen LogP contribution in [0.5, 0.6) is 11.5 Å². The zero-order chi connectivity index (χ0) is 17.6. The molecule has 0 radical (unpaired) electrons. The van der Waals surface area contributed by atoms with Crippen LogP contribution in [0.2, 0.25) is 0 Å². The molecule has 0 spiro atoms. The van der Waals surface area contributed by atoms with E-state index in [2.05, 4.69) is 10.5 Å². The summed E-state index contributed by atoms with van der Waals surface area (Å²) in [4.78, 5) is 25.5. The number of hydrogen-bond acceptors (Lipinski definition) is 5. The zero-order valence-corrected chi connectivity index (χ0v) is 13.6. The summed E-state index contributed by atoms with van der Waals surface area (Å²) < 4.78 is 10.4. The quantitative estimate of drug-likeness (QED) is 0.662. The predicted molar refractivity (Wildman–Crippen MR) is 93.0 cm³/mol. The van der Waals surface area contributed by atoms with Gasteiger partial charge in [-0.2, -0.15) is 5.10 Å². The molecule has 0 saturated heterocycles. The lowest BCUT2D eigenvalue weighted by Crippen LogP contribution is -2.44. The number of amides is 2. The number of ether oxygens (including phenoxy) is 2. The summed E-state index contributed by atoms with van der Waals surface area (Å²) in [5, 5.41) is 3.91. The predicted octanol–water partition coefficient (Wildman–Crippen LogP) is 1.57. The summed E-state index contributed by atoms with van der Waals surface area (Å²) in [6, 6.07) is 14.3. The number of hydrogen-bond donors (Lipinski definition) is 1. The molecule has 1 heterocycles. The highest BCUT2D eigenvalue weighted by atomic mass is 16.5. The van der Waals surface area contributed by atoms with E-state index in [1.54, 1.807) is 37.4 Å². The number of benzene rings is 2. The van der Waals surface area contributed by atoms with Crippen molar-refractivity contribution in [3.8, 4) is 11.5 Å². The zero-order valence-electron chi connectivity index (χ0n) is 13.6. The summed E-state index contributed by atoms with van der Waals surface area (Å²) in [5.74, 6) is 0.658. The van der Waals surface area contributed by atoms with Crippen LogP contribution in [0, 0.1) is 0 Å². The van der Waals surface area contributed by atoms with E-state index in [1.165, 1.54) is 11.1 Å². The van der Waals surface area contributed by atoms with E-state index >= 15 is 0 Å². The van der Waals surface area contributed by atoms with Crippen LogP contribution in [-0.4, -0.2) is 38.3 Å². The van der Waals surface area contributed by atoms with Crippen LogP contribution in [0.1, 0.15) is 5.56 Å².